The Morgan fingerprint density at radius 2 is 2.00 bits per heavy atom. The molecule has 1 heterocycles. The second kappa shape index (κ2) is 5.35. The molecule has 2 rings (SSSR count). The maximum absolute atomic E-state index is 11.2. The number of rotatable bonds is 4. The van der Waals surface area contributed by atoms with Crippen molar-refractivity contribution in [1.29, 1.82) is 0 Å². The van der Waals surface area contributed by atoms with Crippen molar-refractivity contribution in [2.75, 3.05) is 11.9 Å². The topological polar surface area (TPSA) is 96.6 Å². The predicted octanol–water partition coefficient (Wildman–Crippen LogP) is 2.46. The number of carbonyl (C=O) groups is 1. The Kier molecular flexibility index (Phi) is 3.60. The fourth-order valence-corrected chi connectivity index (χ4v) is 1.74. The maximum atomic E-state index is 11.2. The normalized spacial score (nSPS) is 10.1. The first-order valence-electron chi connectivity index (χ1n) is 5.67. The van der Waals surface area contributed by atoms with Crippen molar-refractivity contribution < 1.29 is 14.8 Å². The van der Waals surface area contributed by atoms with E-state index in [1.54, 1.807) is 36.2 Å². The highest BCUT2D eigenvalue weighted by Gasteiger charge is 2.20. The molecular weight excluding hydrogens is 262 g/mol. The number of nitro groups is 1. The van der Waals surface area contributed by atoms with Crippen molar-refractivity contribution in [2.45, 2.75) is 0 Å². The van der Waals surface area contributed by atoms with Crippen LogP contribution in [0.4, 0.5) is 17.2 Å². The largest absolute Gasteiger partial charge is 0.478 e. The summed E-state index contributed by atoms with van der Waals surface area (Å²) in [6.45, 7) is 0. The van der Waals surface area contributed by atoms with E-state index < -0.39 is 10.9 Å². The third-order valence-electron chi connectivity index (χ3n) is 2.75. The zero-order valence-corrected chi connectivity index (χ0v) is 10.6. The summed E-state index contributed by atoms with van der Waals surface area (Å²) >= 11 is 0. The number of hydrogen-bond acceptors (Lipinski definition) is 5. The molecule has 0 fully saturated rings. The fraction of sp³-hybridized carbons (Fsp3) is 0.0769. The molecule has 7 heteroatoms. The zero-order valence-electron chi connectivity index (χ0n) is 10.6. The van der Waals surface area contributed by atoms with Gasteiger partial charge < -0.3 is 10.0 Å². The van der Waals surface area contributed by atoms with Gasteiger partial charge in [0.15, 0.2) is 0 Å². The Balaban J connectivity index is 2.51. The summed E-state index contributed by atoms with van der Waals surface area (Å²) in [4.78, 5) is 26.7. The number of carboxylic acids is 1. The highest BCUT2D eigenvalue weighted by molar-refractivity contribution is 5.95. The second-order valence-electron chi connectivity index (χ2n) is 4.02. The van der Waals surface area contributed by atoms with Gasteiger partial charge in [0.2, 0.25) is 0 Å². The van der Waals surface area contributed by atoms with Crippen molar-refractivity contribution in [3.63, 3.8) is 0 Å². The number of aromatic carboxylic acids is 1. The van der Waals surface area contributed by atoms with Gasteiger partial charge in [-0.15, -0.1) is 0 Å². The summed E-state index contributed by atoms with van der Waals surface area (Å²) in [5.74, 6) is -1.12. The average molecular weight is 273 g/mol. The molecular formula is C13H11N3O4. The lowest BCUT2D eigenvalue weighted by molar-refractivity contribution is -0.385. The molecule has 1 N–H and O–H groups in total. The number of benzene rings is 1. The van der Waals surface area contributed by atoms with Crippen LogP contribution in [-0.2, 0) is 0 Å². The first-order chi connectivity index (χ1) is 9.50. The van der Waals surface area contributed by atoms with Gasteiger partial charge in [0.05, 0.1) is 4.92 Å². The smallest absolute Gasteiger partial charge is 0.339 e. The van der Waals surface area contributed by atoms with Gasteiger partial charge >= 0.3 is 5.97 Å². The van der Waals surface area contributed by atoms with Crippen LogP contribution in [-0.4, -0.2) is 28.0 Å². The van der Waals surface area contributed by atoms with Crippen molar-refractivity contribution in [2.24, 2.45) is 0 Å². The van der Waals surface area contributed by atoms with E-state index in [2.05, 4.69) is 4.98 Å². The Morgan fingerprint density at radius 1 is 1.35 bits per heavy atom. The monoisotopic (exact) mass is 273 g/mol. The fourth-order valence-electron chi connectivity index (χ4n) is 1.74. The van der Waals surface area contributed by atoms with Crippen LogP contribution in [0.5, 0.6) is 0 Å². The number of anilines is 2. The van der Waals surface area contributed by atoms with Crippen molar-refractivity contribution in [3.8, 4) is 0 Å². The van der Waals surface area contributed by atoms with Gasteiger partial charge in [-0.25, -0.2) is 9.78 Å². The van der Waals surface area contributed by atoms with Gasteiger partial charge in [0.25, 0.3) is 5.69 Å². The van der Waals surface area contributed by atoms with E-state index in [0.717, 1.165) is 18.0 Å². The summed E-state index contributed by atoms with van der Waals surface area (Å²) in [5.41, 5.74) is 0.162. The van der Waals surface area contributed by atoms with Crippen molar-refractivity contribution >= 4 is 23.2 Å². The number of nitrogens with zero attached hydrogens (tertiary/aromatic N) is 3. The average Bonchev–Trinajstić information content (AvgIpc) is 2.46. The lowest BCUT2D eigenvalue weighted by atomic mass is 10.2. The Bertz CT molecular complexity index is 658. The lowest BCUT2D eigenvalue weighted by Crippen LogP contribution is -2.16. The summed E-state index contributed by atoms with van der Waals surface area (Å²) in [6.07, 6.45) is 1.04. The molecule has 0 spiro atoms. The molecule has 1 aromatic heterocycles. The van der Waals surface area contributed by atoms with Crippen LogP contribution >= 0.6 is 0 Å². The van der Waals surface area contributed by atoms with E-state index >= 15 is 0 Å². The van der Waals surface area contributed by atoms with Crippen LogP contribution in [0.15, 0.2) is 42.6 Å². The number of hydrogen-bond donors (Lipinski definition) is 1. The van der Waals surface area contributed by atoms with Gasteiger partial charge in [-0.2, -0.15) is 0 Å². The quantitative estimate of drug-likeness (QED) is 0.678. The van der Waals surface area contributed by atoms with Crippen molar-refractivity contribution in [3.05, 3.63) is 58.3 Å². The lowest BCUT2D eigenvalue weighted by Gasteiger charge is -2.19. The highest BCUT2D eigenvalue weighted by atomic mass is 16.6. The molecule has 7 nitrogen and oxygen atoms in total. The first kappa shape index (κ1) is 13.5. The van der Waals surface area contributed by atoms with E-state index in [0.29, 0.717) is 0 Å². The van der Waals surface area contributed by atoms with E-state index in [1.165, 1.54) is 0 Å². The molecule has 0 aliphatic heterocycles. The maximum Gasteiger partial charge on any atom is 0.339 e. The van der Waals surface area contributed by atoms with Crippen LogP contribution in [0.2, 0.25) is 0 Å². The molecule has 0 bridgehead atoms. The molecule has 102 valence electrons. The van der Waals surface area contributed by atoms with Gasteiger partial charge in [0, 0.05) is 18.8 Å². The van der Waals surface area contributed by atoms with E-state index in [-0.39, 0.29) is 17.1 Å². The van der Waals surface area contributed by atoms with Crippen LogP contribution in [0, 0.1) is 10.1 Å². The number of aromatic nitrogens is 1. The third kappa shape index (κ3) is 2.56. The summed E-state index contributed by atoms with van der Waals surface area (Å²) < 4.78 is 0. The molecule has 0 atom stereocenters. The molecule has 2 aromatic rings. The highest BCUT2D eigenvalue weighted by Crippen LogP contribution is 2.27. The summed E-state index contributed by atoms with van der Waals surface area (Å²) in [7, 11) is 1.65. The Hall–Kier alpha value is -2.96. The minimum absolute atomic E-state index is 0.148. The number of carboxylic acid groups (broad SMARTS) is 1. The van der Waals surface area contributed by atoms with Gasteiger partial charge in [0.1, 0.15) is 17.6 Å². The number of para-hydroxylation sites is 1. The van der Waals surface area contributed by atoms with Crippen LogP contribution in [0.25, 0.3) is 0 Å². The molecule has 0 amide bonds. The van der Waals surface area contributed by atoms with E-state index in [9.17, 15) is 20.0 Å². The molecule has 0 radical (unpaired) electrons. The minimum atomic E-state index is -1.26. The van der Waals surface area contributed by atoms with E-state index in [1.807, 2.05) is 6.07 Å². The van der Waals surface area contributed by atoms with E-state index in [4.69, 9.17) is 0 Å². The van der Waals surface area contributed by atoms with Crippen LogP contribution < -0.4 is 4.90 Å². The molecule has 0 aliphatic rings. The standard InChI is InChI=1S/C13H11N3O4/c1-15(9-5-3-2-4-6-9)12-11(13(17)18)7-10(8-14-12)16(19)20/h2-8H,1H3,(H,17,18). The van der Waals surface area contributed by atoms with Gasteiger partial charge in [-0.3, -0.25) is 10.1 Å². The minimum Gasteiger partial charge on any atom is -0.478 e. The van der Waals surface area contributed by atoms with Crippen LogP contribution in [0.3, 0.4) is 0 Å². The molecule has 0 saturated carbocycles. The molecule has 0 unspecified atom stereocenters. The second-order valence-corrected chi connectivity index (χ2v) is 4.02. The molecule has 0 aliphatic carbocycles. The molecule has 0 saturated heterocycles. The Labute approximate surface area is 114 Å². The predicted molar refractivity (Wildman–Crippen MR) is 72.4 cm³/mol. The zero-order chi connectivity index (χ0) is 14.7. The molecule has 20 heavy (non-hydrogen) atoms. The van der Waals surface area contributed by atoms with Gasteiger partial charge in [-0.1, -0.05) is 18.2 Å². The summed E-state index contributed by atoms with van der Waals surface area (Å²) in [5, 5.41) is 19.9. The molecule has 1 aromatic carbocycles. The third-order valence-corrected chi connectivity index (χ3v) is 2.75. The Morgan fingerprint density at radius 3 is 2.55 bits per heavy atom. The van der Waals surface area contributed by atoms with Crippen molar-refractivity contribution in [1.82, 2.24) is 4.98 Å². The number of pyridine rings is 1. The van der Waals surface area contributed by atoms with Gasteiger partial charge in [-0.05, 0) is 12.1 Å². The first-order valence-corrected chi connectivity index (χ1v) is 5.67. The SMILES string of the molecule is CN(c1ccccc1)c1ncc([N+](=O)[O-])cc1C(=O)O. The van der Waals surface area contributed by atoms with Crippen LogP contribution in [0.1, 0.15) is 10.4 Å². The summed E-state index contributed by atoms with van der Waals surface area (Å²) in [6, 6.07) is 10.0.